The molecule has 0 spiro atoms. The second kappa shape index (κ2) is 7.79. The molecule has 0 heterocycles. The van der Waals surface area contributed by atoms with Gasteiger partial charge in [0.25, 0.3) is 0 Å². The summed E-state index contributed by atoms with van der Waals surface area (Å²) >= 11 is 0. The third kappa shape index (κ3) is 2.20. The zero-order chi connectivity index (χ0) is 30.1. The number of carbonyl (C=O) groups is 1. The average Bonchev–Trinajstić information content (AvgIpc) is 3.21. The van der Waals surface area contributed by atoms with Crippen molar-refractivity contribution in [3.05, 3.63) is 154 Å². The van der Waals surface area contributed by atoms with Crippen LogP contribution in [0.25, 0.3) is 0 Å². The van der Waals surface area contributed by atoms with E-state index < -0.39 is 45.3 Å². The summed E-state index contributed by atoms with van der Waals surface area (Å²) in [6, 6.07) is 40.9. The normalized spacial score (nSPS) is 35.5. The molecule has 5 nitrogen and oxygen atoms in total. The van der Waals surface area contributed by atoms with Crippen LogP contribution in [-0.4, -0.2) is 5.78 Å². The molecule has 0 fully saturated rings. The van der Waals surface area contributed by atoms with E-state index in [9.17, 15) is 21.0 Å². The van der Waals surface area contributed by atoms with Gasteiger partial charge in [0, 0.05) is 11.8 Å². The number of Topliss-reactive ketones (excluding diaryl/α,β-unsaturated/α-hetero) is 1. The third-order valence-corrected chi connectivity index (χ3v) is 11.6. The standard InChI is InChI=1S/C39H22N4O/c40-19-36-23-9-1-3-11-25(23)37(20-41,26-12-4-2-10-24(26)36)32-18-17-31(36)33-34(35(32)44)39(22-43)29-15-7-5-13-27(29)38(33,21-42)28-14-6-8-16-30(28)39/h1-18,31-34H. The lowest BCUT2D eigenvalue weighted by molar-refractivity contribution is -0.131. The van der Waals surface area contributed by atoms with Gasteiger partial charge in [-0.05, 0) is 44.5 Å². The van der Waals surface area contributed by atoms with Gasteiger partial charge in [-0.1, -0.05) is 109 Å². The van der Waals surface area contributed by atoms with Crippen molar-refractivity contribution in [1.82, 2.24) is 0 Å². The van der Waals surface area contributed by atoms with Crippen molar-refractivity contribution in [3.63, 3.8) is 0 Å². The molecule has 4 aromatic carbocycles. The van der Waals surface area contributed by atoms with E-state index in [1.54, 1.807) is 0 Å². The summed E-state index contributed by atoms with van der Waals surface area (Å²) in [6.07, 6.45) is 3.78. The number of hydrogen-bond donors (Lipinski definition) is 0. The Balaban J connectivity index is 1.54. The van der Waals surface area contributed by atoms with Crippen molar-refractivity contribution in [2.24, 2.45) is 23.7 Å². The predicted octanol–water partition coefficient (Wildman–Crippen LogP) is 5.88. The van der Waals surface area contributed by atoms with E-state index in [-0.39, 0.29) is 5.78 Å². The minimum atomic E-state index is -1.42. The maximum Gasteiger partial charge on any atom is 0.147 e. The molecule has 6 bridgehead atoms. The Morgan fingerprint density at radius 2 is 0.795 bits per heavy atom. The number of nitrogens with zero attached hydrogens (tertiary/aromatic N) is 4. The highest BCUT2D eigenvalue weighted by atomic mass is 16.1. The number of hydrogen-bond acceptors (Lipinski definition) is 5. The molecule has 4 aromatic rings. The Morgan fingerprint density at radius 1 is 0.455 bits per heavy atom. The zero-order valence-corrected chi connectivity index (χ0v) is 23.4. The van der Waals surface area contributed by atoms with E-state index in [0.29, 0.717) is 44.5 Å². The molecule has 5 heteroatoms. The quantitative estimate of drug-likeness (QED) is 0.248. The maximum atomic E-state index is 15.6. The van der Waals surface area contributed by atoms with Crippen LogP contribution in [0.2, 0.25) is 0 Å². The molecule has 0 saturated heterocycles. The Bertz CT molecular complexity index is 2120. The highest BCUT2D eigenvalue weighted by Crippen LogP contribution is 2.72. The second-order valence-electron chi connectivity index (χ2n) is 12.7. The van der Waals surface area contributed by atoms with Gasteiger partial charge in [-0.15, -0.1) is 0 Å². The van der Waals surface area contributed by atoms with Crippen molar-refractivity contribution in [1.29, 1.82) is 21.0 Å². The molecule has 204 valence electrons. The molecular formula is C39H22N4O. The van der Waals surface area contributed by atoms with Gasteiger partial charge in [-0.3, -0.25) is 4.79 Å². The molecule has 4 unspecified atom stereocenters. The highest BCUT2D eigenvalue weighted by Gasteiger charge is 2.75. The van der Waals surface area contributed by atoms with Gasteiger partial charge in [-0.25, -0.2) is 0 Å². The van der Waals surface area contributed by atoms with Crippen LogP contribution in [0.5, 0.6) is 0 Å². The molecule has 7 aliphatic carbocycles. The Kier molecular flexibility index (Phi) is 4.39. The van der Waals surface area contributed by atoms with Crippen molar-refractivity contribution in [2.45, 2.75) is 21.7 Å². The Morgan fingerprint density at radius 3 is 1.18 bits per heavy atom. The number of rotatable bonds is 0. The number of carbonyl (C=O) groups excluding carboxylic acids is 1. The Labute approximate surface area is 254 Å². The van der Waals surface area contributed by atoms with Crippen molar-refractivity contribution >= 4 is 5.78 Å². The Hall–Kier alpha value is -5.75. The molecule has 0 aliphatic heterocycles. The van der Waals surface area contributed by atoms with Gasteiger partial charge in [0.15, 0.2) is 0 Å². The summed E-state index contributed by atoms with van der Waals surface area (Å²) in [5, 5.41) is 45.7. The van der Waals surface area contributed by atoms with Crippen LogP contribution >= 0.6 is 0 Å². The first-order chi connectivity index (χ1) is 21.5. The first-order valence-electron chi connectivity index (χ1n) is 14.8. The summed E-state index contributed by atoms with van der Waals surface area (Å²) < 4.78 is 0. The number of nitriles is 4. The van der Waals surface area contributed by atoms with Gasteiger partial charge in [0.2, 0.25) is 0 Å². The zero-order valence-electron chi connectivity index (χ0n) is 23.4. The van der Waals surface area contributed by atoms with E-state index in [0.717, 1.165) is 0 Å². The fourth-order valence-corrected chi connectivity index (χ4v) is 10.2. The van der Waals surface area contributed by atoms with E-state index in [1.165, 1.54) is 0 Å². The fraction of sp³-hybridized carbons (Fsp3) is 0.205. The fourth-order valence-electron chi connectivity index (χ4n) is 10.2. The van der Waals surface area contributed by atoms with E-state index >= 15 is 4.79 Å². The molecule has 0 aromatic heterocycles. The molecule has 0 radical (unpaired) electrons. The second-order valence-corrected chi connectivity index (χ2v) is 12.7. The lowest BCUT2D eigenvalue weighted by Gasteiger charge is -2.60. The van der Waals surface area contributed by atoms with E-state index in [2.05, 4.69) is 24.3 Å². The lowest BCUT2D eigenvalue weighted by atomic mass is 9.37. The van der Waals surface area contributed by atoms with E-state index in [1.807, 2.05) is 109 Å². The van der Waals surface area contributed by atoms with E-state index in [4.69, 9.17) is 0 Å². The van der Waals surface area contributed by atoms with Gasteiger partial charge in [0.1, 0.15) is 27.4 Å². The van der Waals surface area contributed by atoms with Gasteiger partial charge in [-0.2, -0.15) is 21.0 Å². The number of ketones is 1. The van der Waals surface area contributed by atoms with Crippen LogP contribution in [-0.2, 0) is 26.5 Å². The smallest absolute Gasteiger partial charge is 0.147 e. The van der Waals surface area contributed by atoms with Crippen LogP contribution in [0.15, 0.2) is 109 Å². The third-order valence-electron chi connectivity index (χ3n) is 11.6. The van der Waals surface area contributed by atoms with Crippen molar-refractivity contribution in [2.75, 3.05) is 0 Å². The van der Waals surface area contributed by atoms with Crippen molar-refractivity contribution < 1.29 is 4.79 Å². The molecule has 4 atom stereocenters. The minimum absolute atomic E-state index is 0.235. The number of benzene rings is 4. The van der Waals surface area contributed by atoms with Crippen LogP contribution in [0.4, 0.5) is 0 Å². The molecule has 0 saturated carbocycles. The minimum Gasteiger partial charge on any atom is -0.299 e. The largest absolute Gasteiger partial charge is 0.299 e. The molecule has 7 aliphatic rings. The number of allylic oxidation sites excluding steroid dienone is 2. The predicted molar refractivity (Wildman–Crippen MR) is 159 cm³/mol. The molecule has 44 heavy (non-hydrogen) atoms. The molecule has 0 amide bonds. The lowest BCUT2D eigenvalue weighted by Crippen LogP contribution is -2.64. The monoisotopic (exact) mass is 562 g/mol. The summed E-state index contributed by atoms with van der Waals surface area (Å²) in [5.74, 6) is -3.59. The summed E-state index contributed by atoms with van der Waals surface area (Å²) in [6.45, 7) is 0. The van der Waals surface area contributed by atoms with Crippen LogP contribution < -0.4 is 0 Å². The van der Waals surface area contributed by atoms with Crippen LogP contribution in [0.1, 0.15) is 44.5 Å². The van der Waals surface area contributed by atoms with Crippen LogP contribution in [0, 0.1) is 69.0 Å². The summed E-state index contributed by atoms with van der Waals surface area (Å²) in [4.78, 5) is 15.6. The van der Waals surface area contributed by atoms with Gasteiger partial charge >= 0.3 is 0 Å². The van der Waals surface area contributed by atoms with Gasteiger partial charge < -0.3 is 0 Å². The summed E-state index contributed by atoms with van der Waals surface area (Å²) in [7, 11) is 0. The average molecular weight is 563 g/mol. The molecular weight excluding hydrogens is 540 g/mol. The highest BCUT2D eigenvalue weighted by molar-refractivity contribution is 5.96. The SMILES string of the molecule is N#CC12c3ccccc3C(C#N)(c3ccccc31)C1C=CC2C(=O)C2C1C1(C#N)c3ccccc3C2(C#N)c2ccccc21. The van der Waals surface area contributed by atoms with Crippen molar-refractivity contribution in [3.8, 4) is 24.3 Å². The van der Waals surface area contributed by atoms with Crippen LogP contribution in [0.3, 0.4) is 0 Å². The topological polar surface area (TPSA) is 112 Å². The molecule has 11 rings (SSSR count). The summed E-state index contributed by atoms with van der Waals surface area (Å²) in [5.41, 5.74) is -0.0584. The molecule has 0 N–H and O–H groups in total. The maximum absolute atomic E-state index is 15.6. The first-order valence-corrected chi connectivity index (χ1v) is 14.8. The first kappa shape index (κ1) is 24.8. The van der Waals surface area contributed by atoms with Gasteiger partial charge in [0.05, 0.1) is 36.1 Å².